The predicted molar refractivity (Wildman–Crippen MR) is 121 cm³/mol. The molecule has 0 aliphatic heterocycles. The Bertz CT molecular complexity index is 861. The molecule has 0 spiro atoms. The van der Waals surface area contributed by atoms with E-state index < -0.39 is 0 Å². The molecule has 0 radical (unpaired) electrons. The van der Waals surface area contributed by atoms with Crippen molar-refractivity contribution in [2.24, 2.45) is 5.92 Å². The standard InChI is InChI=1S/C23H30N4O3/c1-5-16(4)25-23(30)17-6-8-19(9-7-17)26-21(28)14-24-18-10-12-20(13-11-18)27-22(29)15(2)3/h6-13,15-16,24H,5,14H2,1-4H3,(H,25,30)(H,26,28)(H,27,29). The van der Waals surface area contributed by atoms with Crippen LogP contribution in [0.15, 0.2) is 48.5 Å². The van der Waals surface area contributed by atoms with Gasteiger partial charge in [-0.1, -0.05) is 20.8 Å². The minimum absolute atomic E-state index is 0.0431. The molecule has 0 aliphatic rings. The van der Waals surface area contributed by atoms with Crippen molar-refractivity contribution < 1.29 is 14.4 Å². The number of anilines is 3. The third-order valence-electron chi connectivity index (χ3n) is 4.55. The maximum Gasteiger partial charge on any atom is 0.251 e. The van der Waals surface area contributed by atoms with Gasteiger partial charge in [0.2, 0.25) is 11.8 Å². The first kappa shape index (κ1) is 22.9. The molecule has 0 fully saturated rings. The molecule has 160 valence electrons. The van der Waals surface area contributed by atoms with Gasteiger partial charge in [-0.25, -0.2) is 0 Å². The highest BCUT2D eigenvalue weighted by Gasteiger charge is 2.09. The largest absolute Gasteiger partial charge is 0.376 e. The van der Waals surface area contributed by atoms with E-state index in [4.69, 9.17) is 0 Å². The van der Waals surface area contributed by atoms with Gasteiger partial charge in [0.1, 0.15) is 0 Å². The molecule has 0 bridgehead atoms. The molecule has 7 nitrogen and oxygen atoms in total. The third kappa shape index (κ3) is 7.24. The molecule has 2 aromatic rings. The fraction of sp³-hybridized carbons (Fsp3) is 0.348. The average molecular weight is 411 g/mol. The second kappa shape index (κ2) is 11.0. The van der Waals surface area contributed by atoms with Crippen LogP contribution in [0.5, 0.6) is 0 Å². The fourth-order valence-corrected chi connectivity index (χ4v) is 2.46. The Morgan fingerprint density at radius 3 is 1.90 bits per heavy atom. The Kier molecular flexibility index (Phi) is 8.41. The Hall–Kier alpha value is -3.35. The maximum atomic E-state index is 12.2. The highest BCUT2D eigenvalue weighted by molar-refractivity contribution is 5.97. The van der Waals surface area contributed by atoms with E-state index in [0.717, 1.165) is 12.1 Å². The molecule has 0 saturated heterocycles. The SMILES string of the molecule is CCC(C)NC(=O)c1ccc(NC(=O)CNc2ccc(NC(=O)C(C)C)cc2)cc1. The van der Waals surface area contributed by atoms with Gasteiger partial charge in [0.15, 0.2) is 0 Å². The monoisotopic (exact) mass is 410 g/mol. The van der Waals surface area contributed by atoms with Gasteiger partial charge in [-0.2, -0.15) is 0 Å². The first-order valence-electron chi connectivity index (χ1n) is 10.1. The van der Waals surface area contributed by atoms with Gasteiger partial charge in [0.25, 0.3) is 5.91 Å². The summed E-state index contributed by atoms with van der Waals surface area (Å²) in [6.45, 7) is 7.72. The summed E-state index contributed by atoms with van der Waals surface area (Å²) in [5, 5.41) is 11.5. The number of amides is 3. The number of rotatable bonds is 9. The highest BCUT2D eigenvalue weighted by atomic mass is 16.2. The van der Waals surface area contributed by atoms with Crippen molar-refractivity contribution in [3.8, 4) is 0 Å². The van der Waals surface area contributed by atoms with E-state index in [1.165, 1.54) is 0 Å². The van der Waals surface area contributed by atoms with Crippen molar-refractivity contribution in [3.05, 3.63) is 54.1 Å². The Morgan fingerprint density at radius 1 is 0.800 bits per heavy atom. The van der Waals surface area contributed by atoms with Crippen LogP contribution in [0.1, 0.15) is 44.5 Å². The van der Waals surface area contributed by atoms with Crippen LogP contribution in [0.4, 0.5) is 17.1 Å². The van der Waals surface area contributed by atoms with Gasteiger partial charge in [0, 0.05) is 34.6 Å². The molecule has 0 aromatic heterocycles. The first-order chi connectivity index (χ1) is 14.3. The lowest BCUT2D eigenvalue weighted by Crippen LogP contribution is -2.31. The normalized spacial score (nSPS) is 11.5. The second-order valence-electron chi connectivity index (χ2n) is 7.48. The molecule has 1 atom stereocenters. The zero-order valence-corrected chi connectivity index (χ0v) is 17.9. The molecular formula is C23H30N4O3. The molecule has 0 aliphatic carbocycles. The van der Waals surface area contributed by atoms with Gasteiger partial charge in [-0.05, 0) is 61.9 Å². The molecule has 0 saturated carbocycles. The number of hydrogen-bond acceptors (Lipinski definition) is 4. The molecule has 4 N–H and O–H groups in total. The van der Waals surface area contributed by atoms with E-state index in [9.17, 15) is 14.4 Å². The van der Waals surface area contributed by atoms with Crippen molar-refractivity contribution in [2.75, 3.05) is 22.5 Å². The van der Waals surface area contributed by atoms with Gasteiger partial charge in [-0.3, -0.25) is 14.4 Å². The number of carbonyl (C=O) groups excluding carboxylic acids is 3. The van der Waals surface area contributed by atoms with Crippen LogP contribution in [0.25, 0.3) is 0 Å². The van der Waals surface area contributed by atoms with Crippen LogP contribution in [0.2, 0.25) is 0 Å². The smallest absolute Gasteiger partial charge is 0.251 e. The number of benzene rings is 2. The second-order valence-corrected chi connectivity index (χ2v) is 7.48. The molecule has 30 heavy (non-hydrogen) atoms. The van der Waals surface area contributed by atoms with Crippen molar-refractivity contribution in [2.45, 2.75) is 40.2 Å². The van der Waals surface area contributed by atoms with Crippen LogP contribution in [0, 0.1) is 5.92 Å². The van der Waals surface area contributed by atoms with Crippen LogP contribution in [-0.2, 0) is 9.59 Å². The van der Waals surface area contributed by atoms with Gasteiger partial charge < -0.3 is 21.3 Å². The van der Waals surface area contributed by atoms with Crippen molar-refractivity contribution in [1.82, 2.24) is 5.32 Å². The van der Waals surface area contributed by atoms with E-state index in [2.05, 4.69) is 21.3 Å². The summed E-state index contributed by atoms with van der Waals surface area (Å²) < 4.78 is 0. The van der Waals surface area contributed by atoms with E-state index >= 15 is 0 Å². The van der Waals surface area contributed by atoms with Gasteiger partial charge >= 0.3 is 0 Å². The number of hydrogen-bond donors (Lipinski definition) is 4. The molecule has 7 heteroatoms. The number of nitrogens with one attached hydrogen (secondary N) is 4. The van der Waals surface area contributed by atoms with Crippen LogP contribution < -0.4 is 21.3 Å². The molecule has 1 unspecified atom stereocenters. The van der Waals surface area contributed by atoms with E-state index in [0.29, 0.717) is 16.9 Å². The summed E-state index contributed by atoms with van der Waals surface area (Å²) in [6.07, 6.45) is 0.863. The van der Waals surface area contributed by atoms with Crippen LogP contribution in [0.3, 0.4) is 0 Å². The zero-order chi connectivity index (χ0) is 22.1. The minimum Gasteiger partial charge on any atom is -0.376 e. The first-order valence-corrected chi connectivity index (χ1v) is 10.1. The van der Waals surface area contributed by atoms with Crippen LogP contribution in [-0.4, -0.2) is 30.3 Å². The molecular weight excluding hydrogens is 380 g/mol. The molecule has 2 rings (SSSR count). The highest BCUT2D eigenvalue weighted by Crippen LogP contribution is 2.15. The topological polar surface area (TPSA) is 99.3 Å². The third-order valence-corrected chi connectivity index (χ3v) is 4.55. The van der Waals surface area contributed by atoms with E-state index in [1.807, 2.05) is 27.7 Å². The molecule has 3 amide bonds. The van der Waals surface area contributed by atoms with E-state index in [1.54, 1.807) is 48.5 Å². The minimum atomic E-state index is -0.205. The summed E-state index contributed by atoms with van der Waals surface area (Å²) in [4.78, 5) is 36.0. The Balaban J connectivity index is 1.81. The van der Waals surface area contributed by atoms with Gasteiger partial charge in [-0.15, -0.1) is 0 Å². The summed E-state index contributed by atoms with van der Waals surface area (Å²) >= 11 is 0. The zero-order valence-electron chi connectivity index (χ0n) is 17.9. The predicted octanol–water partition coefficient (Wildman–Crippen LogP) is 3.86. The summed E-state index contributed by atoms with van der Waals surface area (Å²) in [5.41, 5.74) is 2.65. The Labute approximate surface area is 177 Å². The lowest BCUT2D eigenvalue weighted by atomic mass is 10.1. The molecule has 0 heterocycles. The molecule has 2 aromatic carbocycles. The van der Waals surface area contributed by atoms with Crippen molar-refractivity contribution in [1.29, 1.82) is 0 Å². The lowest BCUT2D eigenvalue weighted by molar-refractivity contribution is -0.119. The summed E-state index contributed by atoms with van der Waals surface area (Å²) in [7, 11) is 0. The fourth-order valence-electron chi connectivity index (χ4n) is 2.46. The maximum absolute atomic E-state index is 12.2. The summed E-state index contributed by atoms with van der Waals surface area (Å²) in [6, 6.07) is 14.1. The lowest BCUT2D eigenvalue weighted by Gasteiger charge is -2.12. The van der Waals surface area contributed by atoms with Crippen LogP contribution >= 0.6 is 0 Å². The summed E-state index contributed by atoms with van der Waals surface area (Å²) in [5.74, 6) is -0.464. The van der Waals surface area contributed by atoms with E-state index in [-0.39, 0.29) is 36.2 Å². The van der Waals surface area contributed by atoms with Gasteiger partial charge in [0.05, 0.1) is 6.54 Å². The van der Waals surface area contributed by atoms with Crippen molar-refractivity contribution >= 4 is 34.8 Å². The van der Waals surface area contributed by atoms with Crippen molar-refractivity contribution in [3.63, 3.8) is 0 Å². The Morgan fingerprint density at radius 2 is 1.33 bits per heavy atom. The quantitative estimate of drug-likeness (QED) is 0.504. The number of carbonyl (C=O) groups is 3. The average Bonchev–Trinajstić information content (AvgIpc) is 2.73.